The van der Waals surface area contributed by atoms with Crippen molar-refractivity contribution in [1.29, 1.82) is 5.41 Å². The summed E-state index contributed by atoms with van der Waals surface area (Å²) in [6.07, 6.45) is 2.25. The standard InChI is InChI=1S/C25H27ClN4O2S/c1-30-11-8-19(9-12-30)32-18-5-2-16(3-6-18)24(28)20-14-17(4-7-22(20)27)25(31)29-15-23-21(26)10-13-33-23/h2-7,10,13-14,19,28H,8-9,11-12,15,27H2,1H3,(H,29,31). The van der Waals surface area contributed by atoms with Gasteiger partial charge in [0.05, 0.1) is 17.3 Å². The van der Waals surface area contributed by atoms with Gasteiger partial charge in [-0.05, 0) is 73.8 Å². The highest BCUT2D eigenvalue weighted by Gasteiger charge is 2.18. The molecule has 1 aliphatic rings. The lowest BCUT2D eigenvalue weighted by molar-refractivity contribution is 0.0951. The van der Waals surface area contributed by atoms with E-state index in [1.807, 2.05) is 29.6 Å². The minimum Gasteiger partial charge on any atom is -0.490 e. The van der Waals surface area contributed by atoms with Gasteiger partial charge in [0.25, 0.3) is 5.91 Å². The predicted molar refractivity (Wildman–Crippen MR) is 135 cm³/mol. The molecule has 1 saturated heterocycles. The maximum Gasteiger partial charge on any atom is 0.251 e. The molecule has 2 aromatic carbocycles. The van der Waals surface area contributed by atoms with Crippen LogP contribution in [0.1, 0.15) is 39.2 Å². The number of rotatable bonds is 7. The Labute approximate surface area is 202 Å². The van der Waals surface area contributed by atoms with Gasteiger partial charge in [-0.2, -0.15) is 0 Å². The molecule has 0 saturated carbocycles. The molecule has 1 aromatic heterocycles. The lowest BCUT2D eigenvalue weighted by Crippen LogP contribution is -2.35. The molecule has 33 heavy (non-hydrogen) atoms. The topological polar surface area (TPSA) is 91.4 Å². The minimum absolute atomic E-state index is 0.224. The summed E-state index contributed by atoms with van der Waals surface area (Å²) in [7, 11) is 2.13. The van der Waals surface area contributed by atoms with E-state index in [9.17, 15) is 4.79 Å². The van der Waals surface area contributed by atoms with Crippen molar-refractivity contribution < 1.29 is 9.53 Å². The summed E-state index contributed by atoms with van der Waals surface area (Å²) >= 11 is 7.59. The van der Waals surface area contributed by atoms with Crippen LogP contribution in [0.25, 0.3) is 0 Å². The number of piperidine rings is 1. The van der Waals surface area contributed by atoms with Crippen molar-refractivity contribution in [3.8, 4) is 5.75 Å². The van der Waals surface area contributed by atoms with E-state index in [1.54, 1.807) is 24.3 Å². The molecule has 8 heteroatoms. The Balaban J connectivity index is 1.43. The first kappa shape index (κ1) is 23.3. The number of likely N-dealkylation sites (tertiary alicyclic amines) is 1. The zero-order valence-corrected chi connectivity index (χ0v) is 20.0. The van der Waals surface area contributed by atoms with Crippen molar-refractivity contribution in [2.24, 2.45) is 0 Å². The number of amides is 1. The van der Waals surface area contributed by atoms with Gasteiger partial charge in [-0.25, -0.2) is 0 Å². The quantitative estimate of drug-likeness (QED) is 0.333. The molecule has 0 bridgehead atoms. The molecule has 3 aromatic rings. The van der Waals surface area contributed by atoms with E-state index in [1.165, 1.54) is 11.3 Å². The smallest absolute Gasteiger partial charge is 0.251 e. The highest BCUT2D eigenvalue weighted by molar-refractivity contribution is 7.10. The van der Waals surface area contributed by atoms with Gasteiger partial charge in [-0.3, -0.25) is 10.2 Å². The largest absolute Gasteiger partial charge is 0.490 e. The zero-order valence-electron chi connectivity index (χ0n) is 18.4. The van der Waals surface area contributed by atoms with Crippen molar-refractivity contribution in [1.82, 2.24) is 10.2 Å². The number of carbonyl (C=O) groups is 1. The molecule has 0 unspecified atom stereocenters. The van der Waals surface area contributed by atoms with Gasteiger partial charge >= 0.3 is 0 Å². The number of halogens is 1. The number of nitrogens with one attached hydrogen (secondary N) is 2. The molecule has 6 nitrogen and oxygen atoms in total. The molecule has 0 aliphatic carbocycles. The molecule has 4 rings (SSSR count). The van der Waals surface area contributed by atoms with E-state index in [-0.39, 0.29) is 17.7 Å². The number of thiophene rings is 1. The average Bonchev–Trinajstić information content (AvgIpc) is 3.24. The van der Waals surface area contributed by atoms with Crippen LogP contribution in [0.2, 0.25) is 5.02 Å². The van der Waals surface area contributed by atoms with Gasteiger partial charge < -0.3 is 20.7 Å². The Morgan fingerprint density at radius 1 is 1.18 bits per heavy atom. The second-order valence-electron chi connectivity index (χ2n) is 8.20. The monoisotopic (exact) mass is 482 g/mol. The van der Waals surface area contributed by atoms with Gasteiger partial charge in [0.1, 0.15) is 11.9 Å². The number of ether oxygens (including phenoxy) is 1. The second kappa shape index (κ2) is 10.4. The first-order chi connectivity index (χ1) is 15.9. The van der Waals surface area contributed by atoms with Crippen LogP contribution in [0, 0.1) is 5.41 Å². The molecular weight excluding hydrogens is 456 g/mol. The van der Waals surface area contributed by atoms with Crippen LogP contribution in [0.4, 0.5) is 5.69 Å². The van der Waals surface area contributed by atoms with E-state index in [2.05, 4.69) is 17.3 Å². The molecule has 2 heterocycles. The number of nitrogens with zero attached hydrogens (tertiary/aromatic N) is 1. The van der Waals surface area contributed by atoms with Crippen LogP contribution < -0.4 is 15.8 Å². The average molecular weight is 483 g/mol. The van der Waals surface area contributed by atoms with Gasteiger partial charge in [0.2, 0.25) is 0 Å². The summed E-state index contributed by atoms with van der Waals surface area (Å²) in [5, 5.41) is 14.1. The summed E-state index contributed by atoms with van der Waals surface area (Å²) in [4.78, 5) is 15.9. The molecule has 1 amide bonds. The molecule has 172 valence electrons. The highest BCUT2D eigenvalue weighted by atomic mass is 35.5. The van der Waals surface area contributed by atoms with Gasteiger partial charge in [0, 0.05) is 40.3 Å². The second-order valence-corrected chi connectivity index (χ2v) is 9.60. The predicted octanol–water partition coefficient (Wildman–Crippen LogP) is 4.80. The highest BCUT2D eigenvalue weighted by Crippen LogP contribution is 2.24. The third-order valence-corrected chi connectivity index (χ3v) is 7.18. The summed E-state index contributed by atoms with van der Waals surface area (Å²) in [5.41, 5.74) is 8.52. The van der Waals surface area contributed by atoms with E-state index >= 15 is 0 Å². The summed E-state index contributed by atoms with van der Waals surface area (Å²) in [6.45, 7) is 2.43. The minimum atomic E-state index is -0.240. The van der Waals surface area contributed by atoms with Crippen LogP contribution in [0.3, 0.4) is 0 Å². The summed E-state index contributed by atoms with van der Waals surface area (Å²) < 4.78 is 6.10. The van der Waals surface area contributed by atoms with Crippen molar-refractivity contribution >= 4 is 40.2 Å². The van der Waals surface area contributed by atoms with Crippen LogP contribution in [-0.4, -0.2) is 42.8 Å². The first-order valence-electron chi connectivity index (χ1n) is 10.8. The Kier molecular flexibility index (Phi) is 7.33. The Bertz CT molecular complexity index is 1140. The molecule has 1 aliphatic heterocycles. The van der Waals surface area contributed by atoms with Crippen molar-refractivity contribution in [3.63, 3.8) is 0 Å². The summed E-state index contributed by atoms with van der Waals surface area (Å²) in [5.74, 6) is 0.560. The van der Waals surface area contributed by atoms with Gasteiger partial charge in [0.15, 0.2) is 0 Å². The first-order valence-corrected chi connectivity index (χ1v) is 12.1. The Morgan fingerprint density at radius 3 is 2.55 bits per heavy atom. The van der Waals surface area contributed by atoms with Crippen LogP contribution >= 0.6 is 22.9 Å². The fraction of sp³-hybridized carbons (Fsp3) is 0.280. The van der Waals surface area contributed by atoms with Gasteiger partial charge in [-0.1, -0.05) is 11.6 Å². The summed E-state index contributed by atoms with van der Waals surface area (Å²) in [6, 6.07) is 14.3. The van der Waals surface area contributed by atoms with E-state index in [4.69, 9.17) is 27.5 Å². The van der Waals surface area contributed by atoms with Crippen molar-refractivity contribution in [3.05, 3.63) is 80.5 Å². The maximum atomic E-state index is 12.6. The molecular formula is C25H27ClN4O2S. The third kappa shape index (κ3) is 5.74. The number of hydrogen-bond acceptors (Lipinski definition) is 6. The van der Waals surface area contributed by atoms with Crippen LogP contribution in [0.15, 0.2) is 53.9 Å². The van der Waals surface area contributed by atoms with Crippen LogP contribution in [-0.2, 0) is 6.54 Å². The lowest BCUT2D eigenvalue weighted by Gasteiger charge is -2.29. The van der Waals surface area contributed by atoms with Gasteiger partial charge in [-0.15, -0.1) is 11.3 Å². The third-order valence-electron chi connectivity index (χ3n) is 5.80. The Morgan fingerprint density at radius 2 is 1.88 bits per heavy atom. The maximum absolute atomic E-state index is 12.6. The molecule has 0 spiro atoms. The molecule has 4 N–H and O–H groups in total. The normalized spacial score (nSPS) is 14.7. The molecule has 0 atom stereocenters. The molecule has 0 radical (unpaired) electrons. The number of hydrogen-bond donors (Lipinski definition) is 3. The van der Waals surface area contributed by atoms with E-state index in [0.29, 0.717) is 33.9 Å². The number of nitrogens with two attached hydrogens (primary N) is 1. The number of anilines is 1. The van der Waals surface area contributed by atoms with E-state index in [0.717, 1.165) is 36.6 Å². The number of benzene rings is 2. The SMILES string of the molecule is CN1CCC(Oc2ccc(C(=N)c3cc(C(=O)NCc4sccc4Cl)ccc3N)cc2)CC1. The lowest BCUT2D eigenvalue weighted by atomic mass is 9.98. The fourth-order valence-corrected chi connectivity index (χ4v) is 4.82. The Hall–Kier alpha value is -2.87. The van der Waals surface area contributed by atoms with E-state index < -0.39 is 0 Å². The van der Waals surface area contributed by atoms with Crippen LogP contribution in [0.5, 0.6) is 5.75 Å². The molecule has 1 fully saturated rings. The zero-order chi connectivity index (χ0) is 23.4. The fourth-order valence-electron chi connectivity index (χ4n) is 3.78. The van der Waals surface area contributed by atoms with Crippen molar-refractivity contribution in [2.75, 3.05) is 25.9 Å². The van der Waals surface area contributed by atoms with Crippen molar-refractivity contribution in [2.45, 2.75) is 25.5 Å². The number of carbonyl (C=O) groups excluding carboxylic acids is 1. The number of nitrogen functional groups attached to an aromatic ring is 1.